The molecule has 184 valence electrons. The molecule has 2 amide bonds. The fourth-order valence-corrected chi connectivity index (χ4v) is 7.44. The quantitative estimate of drug-likeness (QED) is 0.326. The Morgan fingerprint density at radius 3 is 2.35 bits per heavy atom. The molecule has 2 saturated heterocycles. The van der Waals surface area contributed by atoms with Crippen molar-refractivity contribution in [1.82, 2.24) is 4.90 Å². The Morgan fingerprint density at radius 2 is 1.59 bits per heavy atom. The summed E-state index contributed by atoms with van der Waals surface area (Å²) in [5.41, 5.74) is -0.315. The molecule has 9 nitrogen and oxygen atoms in total. The van der Waals surface area contributed by atoms with E-state index in [4.69, 9.17) is 0 Å². The smallest absolute Gasteiger partial charge is 0.270 e. The van der Waals surface area contributed by atoms with E-state index in [0.29, 0.717) is 35.5 Å². The average Bonchev–Trinajstić information content (AvgIpc) is 3.62. The average molecular weight is 495 g/mol. The van der Waals surface area contributed by atoms with Crippen LogP contribution in [0.25, 0.3) is 0 Å². The third kappa shape index (κ3) is 2.49. The molecule has 4 atom stereocenters. The summed E-state index contributed by atoms with van der Waals surface area (Å²) in [5.74, 6) is -2.27. The molecule has 3 aromatic carbocycles. The Balaban J connectivity index is 1.57. The van der Waals surface area contributed by atoms with Gasteiger partial charge in [-0.05, 0) is 37.1 Å². The summed E-state index contributed by atoms with van der Waals surface area (Å²) in [4.78, 5) is 56.0. The lowest BCUT2D eigenvalue weighted by Gasteiger charge is -2.38. The van der Waals surface area contributed by atoms with Gasteiger partial charge in [-0.1, -0.05) is 48.5 Å². The number of ketones is 1. The van der Waals surface area contributed by atoms with Crippen LogP contribution in [0.4, 0.5) is 17.1 Å². The van der Waals surface area contributed by atoms with Gasteiger partial charge in [-0.25, -0.2) is 0 Å². The van der Waals surface area contributed by atoms with Crippen LogP contribution in [-0.4, -0.2) is 40.0 Å². The van der Waals surface area contributed by atoms with E-state index in [1.165, 1.54) is 24.3 Å². The molecule has 0 aromatic heterocycles. The molecule has 0 saturated carbocycles. The van der Waals surface area contributed by atoms with Crippen molar-refractivity contribution in [3.63, 3.8) is 0 Å². The lowest BCUT2D eigenvalue weighted by molar-refractivity contribution is -0.384. The first kappa shape index (κ1) is 21.9. The van der Waals surface area contributed by atoms with E-state index in [9.17, 15) is 24.5 Å². The molecule has 4 aliphatic rings. The van der Waals surface area contributed by atoms with Gasteiger partial charge in [0.15, 0.2) is 5.78 Å². The molecule has 7 rings (SSSR count). The van der Waals surface area contributed by atoms with Crippen molar-refractivity contribution in [1.29, 1.82) is 0 Å². The zero-order valence-electron chi connectivity index (χ0n) is 19.6. The van der Waals surface area contributed by atoms with Gasteiger partial charge in [0.1, 0.15) is 11.0 Å². The number of amides is 2. The van der Waals surface area contributed by atoms with Crippen molar-refractivity contribution in [2.24, 2.45) is 5.92 Å². The number of carbonyl (C=O) groups excluding carboxylic acids is 3. The molecule has 0 unspecified atom stereocenters. The second kappa shape index (κ2) is 7.33. The minimum atomic E-state index is -1.44. The van der Waals surface area contributed by atoms with Crippen molar-refractivity contribution < 1.29 is 19.3 Å². The van der Waals surface area contributed by atoms with Gasteiger partial charge in [0, 0.05) is 40.7 Å². The van der Waals surface area contributed by atoms with Gasteiger partial charge in [0.2, 0.25) is 11.8 Å². The number of hydrogen-bond donors (Lipinski definition) is 2. The van der Waals surface area contributed by atoms with Gasteiger partial charge >= 0.3 is 0 Å². The van der Waals surface area contributed by atoms with Gasteiger partial charge in [-0.15, -0.1) is 0 Å². The number of benzene rings is 3. The maximum absolute atomic E-state index is 14.7. The lowest BCUT2D eigenvalue weighted by atomic mass is 9.60. The van der Waals surface area contributed by atoms with Crippen molar-refractivity contribution in [3.8, 4) is 0 Å². The summed E-state index contributed by atoms with van der Waals surface area (Å²) in [7, 11) is 0. The zero-order chi connectivity index (χ0) is 25.5. The summed E-state index contributed by atoms with van der Waals surface area (Å²) in [5, 5.41) is 17.5. The lowest BCUT2D eigenvalue weighted by Crippen LogP contribution is -2.55. The summed E-state index contributed by atoms with van der Waals surface area (Å²) >= 11 is 0. The molecular weight excluding hydrogens is 472 g/mol. The molecule has 4 aliphatic heterocycles. The normalized spacial score (nSPS) is 29.2. The largest absolute Gasteiger partial charge is 0.325 e. The van der Waals surface area contributed by atoms with Gasteiger partial charge in [-0.3, -0.25) is 29.4 Å². The number of nitrogens with zero attached hydrogens (tertiary/aromatic N) is 2. The van der Waals surface area contributed by atoms with Crippen molar-refractivity contribution in [2.75, 3.05) is 17.2 Å². The van der Waals surface area contributed by atoms with E-state index >= 15 is 0 Å². The minimum Gasteiger partial charge on any atom is -0.325 e. The van der Waals surface area contributed by atoms with Crippen molar-refractivity contribution in [3.05, 3.63) is 99.6 Å². The number of Topliss-reactive ketones (excluding diaryl/α,β-unsaturated/α-hetero) is 1. The molecule has 0 aliphatic carbocycles. The molecule has 4 heterocycles. The van der Waals surface area contributed by atoms with Crippen LogP contribution < -0.4 is 10.6 Å². The van der Waals surface area contributed by atoms with E-state index < -0.39 is 33.6 Å². The summed E-state index contributed by atoms with van der Waals surface area (Å²) in [6.45, 7) is 0.544. The highest BCUT2D eigenvalue weighted by Crippen LogP contribution is 2.66. The molecule has 2 fully saturated rings. The Hall–Kier alpha value is -4.37. The molecule has 0 bridgehead atoms. The number of rotatable bonds is 3. The first-order chi connectivity index (χ1) is 17.9. The van der Waals surface area contributed by atoms with Crippen molar-refractivity contribution in [2.45, 2.75) is 29.8 Å². The van der Waals surface area contributed by atoms with E-state index in [2.05, 4.69) is 15.5 Å². The number of non-ortho nitro benzene ring substituents is 1. The van der Waals surface area contributed by atoms with Crippen LogP contribution in [0.3, 0.4) is 0 Å². The highest BCUT2D eigenvalue weighted by atomic mass is 16.6. The van der Waals surface area contributed by atoms with E-state index in [1.807, 2.05) is 42.5 Å². The molecule has 9 heteroatoms. The fourth-order valence-electron chi connectivity index (χ4n) is 7.44. The number of nitro groups is 1. The van der Waals surface area contributed by atoms with Crippen LogP contribution in [0.2, 0.25) is 0 Å². The third-order valence-electron chi connectivity index (χ3n) is 8.64. The fraction of sp³-hybridized carbons (Fsp3) is 0.250. The second-order valence-corrected chi connectivity index (χ2v) is 10.1. The van der Waals surface area contributed by atoms with E-state index in [0.717, 1.165) is 6.42 Å². The highest BCUT2D eigenvalue weighted by Gasteiger charge is 2.78. The molecule has 2 N–H and O–H groups in total. The first-order valence-electron chi connectivity index (χ1n) is 12.3. The van der Waals surface area contributed by atoms with Crippen LogP contribution in [0.15, 0.2) is 72.8 Å². The van der Waals surface area contributed by atoms with Gasteiger partial charge in [0.25, 0.3) is 5.69 Å². The van der Waals surface area contributed by atoms with Crippen LogP contribution >= 0.6 is 0 Å². The number of hydrogen-bond acceptors (Lipinski definition) is 6. The predicted molar refractivity (Wildman–Crippen MR) is 134 cm³/mol. The maximum atomic E-state index is 14.7. The van der Waals surface area contributed by atoms with Crippen molar-refractivity contribution >= 4 is 34.7 Å². The van der Waals surface area contributed by atoms with Gasteiger partial charge in [-0.2, -0.15) is 0 Å². The monoisotopic (exact) mass is 494 g/mol. The minimum absolute atomic E-state index is 0.105. The van der Waals surface area contributed by atoms with Gasteiger partial charge < -0.3 is 10.6 Å². The topological polar surface area (TPSA) is 122 Å². The van der Waals surface area contributed by atoms with Crippen LogP contribution in [-0.2, 0) is 20.5 Å². The standard InChI is InChI=1S/C28H22N4O5/c33-23(16-7-5-8-17(15-16)32(36)37)24-27(18-9-1-3-11-20(18)29-25(27)34)22-13-6-14-31(22)28(24)19-10-2-4-12-21(19)30-26(28)35/h1-5,7-12,15,22,24H,6,13-14H2,(H,29,34)(H,30,35)/t22-,24-,27+,28+/m0/s1. The number of para-hydroxylation sites is 2. The van der Waals surface area contributed by atoms with Crippen LogP contribution in [0, 0.1) is 16.0 Å². The van der Waals surface area contributed by atoms with E-state index in [-0.39, 0.29) is 23.1 Å². The third-order valence-corrected chi connectivity index (χ3v) is 8.64. The molecule has 3 aromatic rings. The predicted octanol–water partition coefficient (Wildman–Crippen LogP) is 3.61. The van der Waals surface area contributed by atoms with Crippen LogP contribution in [0.1, 0.15) is 34.3 Å². The number of fused-ring (bicyclic) bond motifs is 7. The molecule has 0 radical (unpaired) electrons. The Kier molecular flexibility index (Phi) is 4.33. The number of nitro benzene ring substituents is 1. The molecular formula is C28H22N4O5. The van der Waals surface area contributed by atoms with Gasteiger partial charge in [0.05, 0.1) is 10.8 Å². The summed E-state index contributed by atoms with van der Waals surface area (Å²) in [6.07, 6.45) is 1.41. The molecule has 37 heavy (non-hydrogen) atoms. The first-order valence-corrected chi connectivity index (χ1v) is 12.3. The Labute approximate surface area is 211 Å². The molecule has 2 spiro atoms. The summed E-state index contributed by atoms with van der Waals surface area (Å²) in [6, 6.07) is 19.8. The number of carbonyl (C=O) groups is 3. The maximum Gasteiger partial charge on any atom is 0.270 e. The summed E-state index contributed by atoms with van der Waals surface area (Å²) < 4.78 is 0. The van der Waals surface area contributed by atoms with E-state index in [1.54, 1.807) is 6.07 Å². The van der Waals surface area contributed by atoms with Crippen LogP contribution in [0.5, 0.6) is 0 Å². The number of nitrogens with one attached hydrogen (secondary N) is 2. The second-order valence-electron chi connectivity index (χ2n) is 10.1. The number of anilines is 2. The Morgan fingerprint density at radius 1 is 0.919 bits per heavy atom. The SMILES string of the molecule is O=C(c1cccc([N+](=O)[O-])c1)[C@H]1[C@]2(C(=O)Nc3ccccc32)[C@@H]2CCCN2[C@@]12C(=O)Nc1ccccc12. The Bertz CT molecular complexity index is 1470. The highest BCUT2D eigenvalue weighted by molar-refractivity contribution is 6.18. The zero-order valence-corrected chi connectivity index (χ0v) is 19.6.